The van der Waals surface area contributed by atoms with E-state index in [1.165, 1.54) is 6.20 Å². The highest BCUT2D eigenvalue weighted by atomic mass is 19.4. The Labute approximate surface area is 76.5 Å². The van der Waals surface area contributed by atoms with Gasteiger partial charge in [0.05, 0.1) is 6.20 Å². The van der Waals surface area contributed by atoms with Crippen LogP contribution in [0.15, 0.2) is 6.20 Å². The van der Waals surface area contributed by atoms with Gasteiger partial charge in [0.2, 0.25) is 0 Å². The molecule has 1 aromatic heterocycles. The van der Waals surface area contributed by atoms with Gasteiger partial charge in [0.25, 0.3) is 0 Å². The van der Waals surface area contributed by atoms with Crippen molar-refractivity contribution in [3.63, 3.8) is 0 Å². The summed E-state index contributed by atoms with van der Waals surface area (Å²) in [5.74, 6) is -1.87. The molecule has 1 aromatic rings. The van der Waals surface area contributed by atoms with E-state index in [4.69, 9.17) is 5.73 Å². The maximum absolute atomic E-state index is 11.7. The maximum Gasteiger partial charge on any atom is 0.471 e. The zero-order chi connectivity index (χ0) is 10.8. The number of rotatable bonds is 2. The molecular formula is C6H7F3N4O. The number of carbonyl (C=O) groups is 1. The topological polar surface area (TPSA) is 83.8 Å². The van der Waals surface area contributed by atoms with Crippen LogP contribution in [0.1, 0.15) is 5.56 Å². The van der Waals surface area contributed by atoms with Crippen LogP contribution in [-0.2, 0) is 11.3 Å². The maximum atomic E-state index is 11.7. The van der Waals surface area contributed by atoms with Crippen molar-refractivity contribution in [2.24, 2.45) is 0 Å². The summed E-state index contributed by atoms with van der Waals surface area (Å²) in [4.78, 5) is 10.4. The number of H-pyrrole nitrogens is 1. The van der Waals surface area contributed by atoms with Crippen LogP contribution in [0.3, 0.4) is 0 Å². The number of hydrogen-bond donors (Lipinski definition) is 3. The van der Waals surface area contributed by atoms with Crippen LogP contribution in [0, 0.1) is 0 Å². The Morgan fingerprint density at radius 1 is 1.64 bits per heavy atom. The predicted molar refractivity (Wildman–Crippen MR) is 40.9 cm³/mol. The van der Waals surface area contributed by atoms with Crippen molar-refractivity contribution in [2.75, 3.05) is 5.73 Å². The van der Waals surface area contributed by atoms with Crippen LogP contribution in [0.4, 0.5) is 19.0 Å². The second kappa shape index (κ2) is 3.56. The van der Waals surface area contributed by atoms with E-state index in [9.17, 15) is 18.0 Å². The molecule has 4 N–H and O–H groups in total. The van der Waals surface area contributed by atoms with Gasteiger partial charge in [0.1, 0.15) is 5.82 Å². The quantitative estimate of drug-likeness (QED) is 0.647. The van der Waals surface area contributed by atoms with Gasteiger partial charge >= 0.3 is 12.1 Å². The number of alkyl halides is 3. The zero-order valence-corrected chi connectivity index (χ0v) is 6.85. The number of nitrogen functional groups attached to an aromatic ring is 1. The van der Waals surface area contributed by atoms with Crippen molar-refractivity contribution in [1.29, 1.82) is 0 Å². The van der Waals surface area contributed by atoms with Gasteiger partial charge in [0.15, 0.2) is 0 Å². The molecule has 0 unspecified atom stereocenters. The molecule has 0 spiro atoms. The van der Waals surface area contributed by atoms with E-state index >= 15 is 0 Å². The third-order valence-corrected chi connectivity index (χ3v) is 1.45. The minimum Gasteiger partial charge on any atom is -0.384 e. The fourth-order valence-electron chi connectivity index (χ4n) is 0.738. The Hall–Kier alpha value is -1.73. The van der Waals surface area contributed by atoms with E-state index in [0.717, 1.165) is 0 Å². The van der Waals surface area contributed by atoms with Crippen molar-refractivity contribution < 1.29 is 18.0 Å². The molecule has 0 atom stereocenters. The van der Waals surface area contributed by atoms with Crippen molar-refractivity contribution in [2.45, 2.75) is 12.7 Å². The Bertz CT molecular complexity index is 332. The molecule has 0 saturated carbocycles. The summed E-state index contributed by atoms with van der Waals surface area (Å²) in [5, 5.41) is 7.47. The Morgan fingerprint density at radius 2 is 2.29 bits per heavy atom. The van der Waals surface area contributed by atoms with Crippen LogP contribution in [-0.4, -0.2) is 22.3 Å². The minimum atomic E-state index is -4.88. The number of nitrogens with zero attached hydrogens (tertiary/aromatic N) is 1. The number of halogens is 3. The number of amides is 1. The molecule has 5 nitrogen and oxygen atoms in total. The Morgan fingerprint density at radius 3 is 2.71 bits per heavy atom. The first-order chi connectivity index (χ1) is 6.41. The molecule has 0 saturated heterocycles. The number of hydrogen-bond acceptors (Lipinski definition) is 3. The number of aromatic amines is 1. The van der Waals surface area contributed by atoms with Crippen LogP contribution < -0.4 is 11.1 Å². The lowest BCUT2D eigenvalue weighted by Crippen LogP contribution is -2.36. The van der Waals surface area contributed by atoms with E-state index in [-0.39, 0.29) is 12.4 Å². The summed E-state index contributed by atoms with van der Waals surface area (Å²) in [6.07, 6.45) is -3.63. The van der Waals surface area contributed by atoms with Gasteiger partial charge in [-0.3, -0.25) is 9.89 Å². The van der Waals surface area contributed by atoms with Gasteiger partial charge < -0.3 is 11.1 Å². The van der Waals surface area contributed by atoms with E-state index in [2.05, 4.69) is 10.2 Å². The van der Waals surface area contributed by atoms with E-state index in [1.807, 2.05) is 0 Å². The summed E-state index contributed by atoms with van der Waals surface area (Å²) >= 11 is 0. The lowest BCUT2D eigenvalue weighted by atomic mass is 10.3. The first kappa shape index (κ1) is 10.4. The normalized spacial score (nSPS) is 11.4. The molecule has 0 aliphatic rings. The molecular weight excluding hydrogens is 201 g/mol. The lowest BCUT2D eigenvalue weighted by Gasteiger charge is -2.06. The molecule has 0 aliphatic carbocycles. The molecule has 0 radical (unpaired) electrons. The average molecular weight is 208 g/mol. The highest BCUT2D eigenvalue weighted by molar-refractivity contribution is 5.81. The van der Waals surface area contributed by atoms with Crippen molar-refractivity contribution >= 4 is 11.7 Å². The van der Waals surface area contributed by atoms with Gasteiger partial charge in [-0.1, -0.05) is 0 Å². The third kappa shape index (κ3) is 2.38. The summed E-state index contributed by atoms with van der Waals surface area (Å²) in [7, 11) is 0. The van der Waals surface area contributed by atoms with Crippen LogP contribution in [0.2, 0.25) is 0 Å². The fourth-order valence-corrected chi connectivity index (χ4v) is 0.738. The zero-order valence-electron chi connectivity index (χ0n) is 6.85. The lowest BCUT2D eigenvalue weighted by molar-refractivity contribution is -0.173. The second-order valence-electron chi connectivity index (χ2n) is 2.49. The van der Waals surface area contributed by atoms with Gasteiger partial charge in [-0.2, -0.15) is 18.3 Å². The van der Waals surface area contributed by atoms with Gasteiger partial charge in [-0.25, -0.2) is 0 Å². The molecule has 8 heteroatoms. The average Bonchev–Trinajstić information content (AvgIpc) is 2.45. The van der Waals surface area contributed by atoms with Crippen LogP contribution >= 0.6 is 0 Å². The second-order valence-corrected chi connectivity index (χ2v) is 2.49. The molecule has 1 heterocycles. The first-order valence-electron chi connectivity index (χ1n) is 3.54. The number of aromatic nitrogens is 2. The summed E-state index contributed by atoms with van der Waals surface area (Å²) in [6.45, 7) is -0.305. The highest BCUT2D eigenvalue weighted by Gasteiger charge is 2.38. The summed E-state index contributed by atoms with van der Waals surface area (Å²) in [5.41, 5.74) is 5.59. The van der Waals surface area contributed by atoms with Crippen molar-refractivity contribution in [3.05, 3.63) is 11.8 Å². The molecule has 0 aromatic carbocycles. The molecule has 14 heavy (non-hydrogen) atoms. The van der Waals surface area contributed by atoms with Crippen LogP contribution in [0.5, 0.6) is 0 Å². The third-order valence-electron chi connectivity index (χ3n) is 1.45. The Balaban J connectivity index is 2.50. The molecule has 0 aliphatic heterocycles. The van der Waals surface area contributed by atoms with Crippen molar-refractivity contribution in [1.82, 2.24) is 15.5 Å². The number of anilines is 1. The van der Waals surface area contributed by atoms with Gasteiger partial charge in [-0.15, -0.1) is 0 Å². The molecule has 0 fully saturated rings. The molecule has 1 amide bonds. The fraction of sp³-hybridized carbons (Fsp3) is 0.333. The standard InChI is InChI=1S/C6H7F3N4O/c7-6(8,9)5(14)11-1-3-2-12-13-4(3)10/h2H,1H2,(H,11,14)(H3,10,12,13). The van der Waals surface area contributed by atoms with Gasteiger partial charge in [-0.05, 0) is 0 Å². The monoisotopic (exact) mass is 208 g/mol. The van der Waals surface area contributed by atoms with Crippen LogP contribution in [0.25, 0.3) is 0 Å². The van der Waals surface area contributed by atoms with E-state index < -0.39 is 12.1 Å². The van der Waals surface area contributed by atoms with E-state index in [0.29, 0.717) is 5.56 Å². The molecule has 1 rings (SSSR count). The van der Waals surface area contributed by atoms with Gasteiger partial charge in [0, 0.05) is 12.1 Å². The number of nitrogens with two attached hydrogens (primary N) is 1. The predicted octanol–water partition coefficient (Wildman–Crippen LogP) is 0.170. The van der Waals surface area contributed by atoms with Crippen molar-refractivity contribution in [3.8, 4) is 0 Å². The number of nitrogens with one attached hydrogen (secondary N) is 2. The smallest absolute Gasteiger partial charge is 0.384 e. The molecule has 0 bridgehead atoms. The minimum absolute atomic E-state index is 0.132. The van der Waals surface area contributed by atoms with E-state index in [1.54, 1.807) is 5.32 Å². The SMILES string of the molecule is Nc1[nH]ncc1CNC(=O)C(F)(F)F. The molecule has 78 valence electrons. The summed E-state index contributed by atoms with van der Waals surface area (Å²) in [6, 6.07) is 0. The largest absolute Gasteiger partial charge is 0.471 e. The number of carbonyl (C=O) groups excluding carboxylic acids is 1. The summed E-state index contributed by atoms with van der Waals surface area (Å²) < 4.78 is 35.1. The Kier molecular flexibility index (Phi) is 2.63. The first-order valence-corrected chi connectivity index (χ1v) is 3.54. The highest BCUT2D eigenvalue weighted by Crippen LogP contribution is 2.14.